The zero-order valence-corrected chi connectivity index (χ0v) is 11.1. The maximum Gasteiger partial charge on any atom is 0.0647 e. The molecular weight excluding hydrogens is 275 g/mol. The summed E-state index contributed by atoms with van der Waals surface area (Å²) in [5, 5.41) is 1.08. The number of para-hydroxylation sites is 2. The van der Waals surface area contributed by atoms with Crippen molar-refractivity contribution in [2.45, 2.75) is 9.79 Å². The van der Waals surface area contributed by atoms with Crippen LogP contribution in [0.25, 0.3) is 0 Å². The first-order valence-electron chi connectivity index (χ1n) is 4.85. The summed E-state index contributed by atoms with van der Waals surface area (Å²) in [4.78, 5) is 1.73. The third kappa shape index (κ3) is 2.63. The number of benzene rings is 2. The summed E-state index contributed by atoms with van der Waals surface area (Å²) in [5.41, 5.74) is 12.9. The third-order valence-electron chi connectivity index (χ3n) is 2.25. The van der Waals surface area contributed by atoms with Crippen LogP contribution >= 0.6 is 35.0 Å². The van der Waals surface area contributed by atoms with E-state index >= 15 is 0 Å². The topological polar surface area (TPSA) is 52.0 Å². The standard InChI is InChI=1S/C12H10Cl2N2S/c13-7-3-1-5-9(11(7)15)17-10-6-2-4-8(14)12(10)16/h1-6H,15-16H2. The predicted octanol–water partition coefficient (Wildman–Crippen LogP) is 4.31. The Kier molecular flexibility index (Phi) is 3.72. The molecule has 2 rings (SSSR count). The van der Waals surface area contributed by atoms with E-state index in [0.717, 1.165) is 9.79 Å². The second kappa shape index (κ2) is 5.08. The smallest absolute Gasteiger partial charge is 0.0647 e. The van der Waals surface area contributed by atoms with Gasteiger partial charge in [-0.25, -0.2) is 0 Å². The van der Waals surface area contributed by atoms with Crippen LogP contribution in [0.2, 0.25) is 10.0 Å². The molecule has 4 N–H and O–H groups in total. The minimum Gasteiger partial charge on any atom is -0.397 e. The molecular formula is C12H10Cl2N2S. The van der Waals surface area contributed by atoms with Crippen molar-refractivity contribution in [3.63, 3.8) is 0 Å². The molecule has 17 heavy (non-hydrogen) atoms. The number of hydrogen-bond donors (Lipinski definition) is 2. The second-order valence-corrected chi connectivity index (χ2v) is 5.30. The van der Waals surface area contributed by atoms with E-state index in [1.54, 1.807) is 12.1 Å². The van der Waals surface area contributed by atoms with Crippen molar-refractivity contribution in [2.75, 3.05) is 11.5 Å². The van der Waals surface area contributed by atoms with Crippen molar-refractivity contribution in [1.82, 2.24) is 0 Å². The highest BCUT2D eigenvalue weighted by molar-refractivity contribution is 7.99. The molecule has 5 heteroatoms. The molecule has 0 aliphatic heterocycles. The van der Waals surface area contributed by atoms with Gasteiger partial charge in [0.2, 0.25) is 0 Å². The molecule has 0 amide bonds. The van der Waals surface area contributed by atoms with Gasteiger partial charge in [-0.05, 0) is 24.3 Å². The zero-order chi connectivity index (χ0) is 12.4. The molecule has 0 atom stereocenters. The molecule has 0 aliphatic rings. The van der Waals surface area contributed by atoms with Gasteiger partial charge >= 0.3 is 0 Å². The van der Waals surface area contributed by atoms with Crippen LogP contribution in [0.15, 0.2) is 46.2 Å². The van der Waals surface area contributed by atoms with E-state index in [-0.39, 0.29) is 0 Å². The summed E-state index contributed by atoms with van der Waals surface area (Å²) in [6.07, 6.45) is 0. The highest BCUT2D eigenvalue weighted by atomic mass is 35.5. The van der Waals surface area contributed by atoms with Gasteiger partial charge in [0.05, 0.1) is 21.4 Å². The second-order valence-electron chi connectivity index (χ2n) is 3.41. The summed E-state index contributed by atoms with van der Waals surface area (Å²) in [6.45, 7) is 0. The molecule has 2 nitrogen and oxygen atoms in total. The lowest BCUT2D eigenvalue weighted by Gasteiger charge is -2.09. The summed E-state index contributed by atoms with van der Waals surface area (Å²) in [7, 11) is 0. The van der Waals surface area contributed by atoms with Gasteiger partial charge in [0.1, 0.15) is 0 Å². The van der Waals surface area contributed by atoms with Gasteiger partial charge in [0.25, 0.3) is 0 Å². The van der Waals surface area contributed by atoms with Crippen molar-refractivity contribution in [1.29, 1.82) is 0 Å². The van der Waals surface area contributed by atoms with Crippen LogP contribution in [0.5, 0.6) is 0 Å². The van der Waals surface area contributed by atoms with Crippen LogP contribution < -0.4 is 11.5 Å². The van der Waals surface area contributed by atoms with E-state index < -0.39 is 0 Å². The zero-order valence-electron chi connectivity index (χ0n) is 8.78. The number of hydrogen-bond acceptors (Lipinski definition) is 3. The molecule has 0 saturated heterocycles. The van der Waals surface area contributed by atoms with Crippen LogP contribution in [0.1, 0.15) is 0 Å². The highest BCUT2D eigenvalue weighted by Gasteiger charge is 2.08. The molecule has 0 heterocycles. The number of halogens is 2. The van der Waals surface area contributed by atoms with Crippen LogP contribution in [0.4, 0.5) is 11.4 Å². The van der Waals surface area contributed by atoms with E-state index in [0.29, 0.717) is 21.4 Å². The first-order chi connectivity index (χ1) is 8.09. The Hall–Kier alpha value is -1.03. The SMILES string of the molecule is Nc1c(Cl)cccc1Sc1cccc(Cl)c1N. The Balaban J connectivity index is 2.38. The summed E-state index contributed by atoms with van der Waals surface area (Å²) >= 11 is 13.4. The Morgan fingerprint density at radius 2 is 1.18 bits per heavy atom. The first kappa shape index (κ1) is 12.4. The number of nitrogens with two attached hydrogens (primary N) is 2. The number of rotatable bonds is 2. The van der Waals surface area contributed by atoms with Crippen molar-refractivity contribution in [3.05, 3.63) is 46.4 Å². The van der Waals surface area contributed by atoms with Gasteiger partial charge in [-0.2, -0.15) is 0 Å². The fraction of sp³-hybridized carbons (Fsp3) is 0. The van der Waals surface area contributed by atoms with E-state index in [9.17, 15) is 0 Å². The molecule has 0 aliphatic carbocycles. The van der Waals surface area contributed by atoms with Crippen LogP contribution in [-0.4, -0.2) is 0 Å². The lowest BCUT2D eigenvalue weighted by molar-refractivity contribution is 1.41. The Bertz CT molecular complexity index is 509. The van der Waals surface area contributed by atoms with Crippen molar-refractivity contribution in [3.8, 4) is 0 Å². The van der Waals surface area contributed by atoms with Gasteiger partial charge in [-0.3, -0.25) is 0 Å². The first-order valence-corrected chi connectivity index (χ1v) is 6.42. The molecule has 0 saturated carbocycles. The molecule has 0 bridgehead atoms. The summed E-state index contributed by atoms with van der Waals surface area (Å²) < 4.78 is 0. The lowest BCUT2D eigenvalue weighted by atomic mass is 10.3. The molecule has 88 valence electrons. The van der Waals surface area contributed by atoms with E-state index in [1.807, 2.05) is 24.3 Å². The lowest BCUT2D eigenvalue weighted by Crippen LogP contribution is -1.92. The van der Waals surface area contributed by atoms with Crippen LogP contribution in [-0.2, 0) is 0 Å². The largest absolute Gasteiger partial charge is 0.397 e. The predicted molar refractivity (Wildman–Crippen MR) is 75.9 cm³/mol. The minimum atomic E-state index is 0.538. The molecule has 0 fully saturated rings. The Morgan fingerprint density at radius 3 is 1.59 bits per heavy atom. The average molecular weight is 285 g/mol. The average Bonchev–Trinajstić information content (AvgIpc) is 2.31. The van der Waals surface area contributed by atoms with Crippen molar-refractivity contribution >= 4 is 46.3 Å². The van der Waals surface area contributed by atoms with Gasteiger partial charge in [0, 0.05) is 9.79 Å². The van der Waals surface area contributed by atoms with E-state index in [4.69, 9.17) is 34.7 Å². The van der Waals surface area contributed by atoms with Crippen molar-refractivity contribution < 1.29 is 0 Å². The fourth-order valence-electron chi connectivity index (χ4n) is 1.33. The maximum atomic E-state index is 5.96. The minimum absolute atomic E-state index is 0.538. The molecule has 0 aromatic heterocycles. The van der Waals surface area contributed by atoms with Gasteiger partial charge in [-0.1, -0.05) is 47.1 Å². The summed E-state index contributed by atoms with van der Waals surface area (Å²) in [5.74, 6) is 0. The number of anilines is 2. The molecule has 0 radical (unpaired) electrons. The van der Waals surface area contributed by atoms with Gasteiger partial charge in [-0.15, -0.1) is 0 Å². The van der Waals surface area contributed by atoms with Crippen LogP contribution in [0, 0.1) is 0 Å². The molecule has 2 aromatic carbocycles. The van der Waals surface area contributed by atoms with Crippen molar-refractivity contribution in [2.24, 2.45) is 0 Å². The van der Waals surface area contributed by atoms with Crippen LogP contribution in [0.3, 0.4) is 0 Å². The molecule has 2 aromatic rings. The Labute approximate surface area is 114 Å². The van der Waals surface area contributed by atoms with E-state index in [2.05, 4.69) is 0 Å². The fourth-order valence-corrected chi connectivity index (χ4v) is 2.76. The number of nitrogen functional groups attached to an aromatic ring is 2. The van der Waals surface area contributed by atoms with Gasteiger partial charge in [0.15, 0.2) is 0 Å². The molecule has 0 unspecified atom stereocenters. The normalized spacial score (nSPS) is 10.5. The molecule has 0 spiro atoms. The summed E-state index contributed by atoms with van der Waals surface area (Å²) in [6, 6.07) is 11.0. The highest BCUT2D eigenvalue weighted by Crippen LogP contribution is 2.39. The monoisotopic (exact) mass is 284 g/mol. The maximum absolute atomic E-state index is 5.96. The Morgan fingerprint density at radius 1 is 0.765 bits per heavy atom. The third-order valence-corrected chi connectivity index (χ3v) is 4.06. The quantitative estimate of drug-likeness (QED) is 0.808. The van der Waals surface area contributed by atoms with E-state index in [1.165, 1.54) is 11.8 Å². The van der Waals surface area contributed by atoms with Gasteiger partial charge < -0.3 is 11.5 Å².